The molecule has 0 aliphatic carbocycles. The van der Waals surface area contributed by atoms with Crippen LogP contribution in [0.3, 0.4) is 0 Å². The fraction of sp³-hybridized carbons (Fsp3) is 0.350. The van der Waals surface area contributed by atoms with E-state index in [0.29, 0.717) is 25.2 Å². The van der Waals surface area contributed by atoms with Crippen LogP contribution in [0, 0.1) is 5.92 Å². The first-order chi connectivity index (χ1) is 13.4. The number of anilines is 1. The number of primary amides is 1. The van der Waals surface area contributed by atoms with Crippen molar-refractivity contribution >= 4 is 23.5 Å². The molecule has 0 radical (unpaired) electrons. The van der Waals surface area contributed by atoms with Crippen LogP contribution in [0.4, 0.5) is 10.5 Å². The van der Waals surface area contributed by atoms with Gasteiger partial charge in [-0.25, -0.2) is 4.79 Å². The van der Waals surface area contributed by atoms with Gasteiger partial charge >= 0.3 is 6.03 Å². The van der Waals surface area contributed by atoms with E-state index in [9.17, 15) is 14.4 Å². The van der Waals surface area contributed by atoms with Crippen LogP contribution in [0.1, 0.15) is 35.9 Å². The Morgan fingerprint density at radius 2 is 1.93 bits per heavy atom. The number of furan rings is 1. The molecule has 4 N–H and O–H groups in total. The Balaban J connectivity index is 1.52. The third-order valence-corrected chi connectivity index (χ3v) is 4.95. The minimum absolute atomic E-state index is 0.0646. The lowest BCUT2D eigenvalue weighted by atomic mass is 9.93. The quantitative estimate of drug-likeness (QED) is 0.733. The predicted molar refractivity (Wildman–Crippen MR) is 103 cm³/mol. The predicted octanol–water partition coefficient (Wildman–Crippen LogP) is 2.33. The summed E-state index contributed by atoms with van der Waals surface area (Å²) in [6.07, 6.45) is 2.91. The first kappa shape index (κ1) is 19.5. The second-order valence-electron chi connectivity index (χ2n) is 6.97. The third kappa shape index (κ3) is 4.70. The molecule has 148 valence electrons. The van der Waals surface area contributed by atoms with Gasteiger partial charge in [0.25, 0.3) is 5.91 Å². The Bertz CT molecular complexity index is 832. The average Bonchev–Trinajstić information content (AvgIpc) is 3.22. The van der Waals surface area contributed by atoms with Gasteiger partial charge in [-0.1, -0.05) is 12.1 Å². The largest absolute Gasteiger partial charge is 0.459 e. The lowest BCUT2D eigenvalue weighted by Crippen LogP contribution is -2.51. The standard InChI is InChI=1S/C20H24N4O4/c1-13-4-7-15(18(21)25)12-24(13)20(27)22-11-14-5-8-16(9-6-14)23-19(26)17-3-2-10-28-17/h2-3,5-6,8-10,13,15H,4,7,11-12H2,1H3,(H2,21,25)(H,22,27)(H,23,26)/t13-,15+/m0/s1. The second kappa shape index (κ2) is 8.60. The van der Waals surface area contributed by atoms with E-state index in [1.165, 1.54) is 6.26 Å². The van der Waals surface area contributed by atoms with E-state index in [1.807, 2.05) is 19.1 Å². The number of benzene rings is 1. The number of likely N-dealkylation sites (tertiary alicyclic amines) is 1. The smallest absolute Gasteiger partial charge is 0.317 e. The summed E-state index contributed by atoms with van der Waals surface area (Å²) in [5.74, 6) is -0.744. The Hall–Kier alpha value is -3.29. The van der Waals surface area contributed by atoms with Gasteiger partial charge in [-0.15, -0.1) is 0 Å². The molecule has 3 rings (SSSR count). The number of piperidine rings is 1. The molecule has 1 saturated heterocycles. The molecule has 1 aliphatic heterocycles. The number of amides is 4. The van der Waals surface area contributed by atoms with E-state index in [4.69, 9.17) is 10.2 Å². The van der Waals surface area contributed by atoms with Gasteiger partial charge in [0.1, 0.15) is 0 Å². The number of rotatable bonds is 5. The number of carbonyl (C=O) groups excluding carboxylic acids is 3. The molecule has 28 heavy (non-hydrogen) atoms. The van der Waals surface area contributed by atoms with Crippen LogP contribution < -0.4 is 16.4 Å². The molecule has 1 aliphatic rings. The van der Waals surface area contributed by atoms with Crippen LogP contribution in [-0.4, -0.2) is 35.3 Å². The zero-order valence-corrected chi connectivity index (χ0v) is 15.7. The van der Waals surface area contributed by atoms with E-state index < -0.39 is 0 Å². The van der Waals surface area contributed by atoms with Crippen LogP contribution in [0.2, 0.25) is 0 Å². The first-order valence-corrected chi connectivity index (χ1v) is 9.21. The maximum Gasteiger partial charge on any atom is 0.317 e. The highest BCUT2D eigenvalue weighted by atomic mass is 16.3. The zero-order valence-electron chi connectivity index (χ0n) is 15.7. The Morgan fingerprint density at radius 1 is 1.18 bits per heavy atom. The topological polar surface area (TPSA) is 118 Å². The number of carbonyl (C=O) groups is 3. The Kier molecular flexibility index (Phi) is 5.98. The number of nitrogens with zero attached hydrogens (tertiary/aromatic N) is 1. The van der Waals surface area contributed by atoms with E-state index in [1.54, 1.807) is 29.2 Å². The number of urea groups is 1. The molecule has 2 heterocycles. The summed E-state index contributed by atoms with van der Waals surface area (Å²) < 4.78 is 5.05. The van der Waals surface area contributed by atoms with Gasteiger partial charge < -0.3 is 25.7 Å². The van der Waals surface area contributed by atoms with Crippen molar-refractivity contribution in [1.82, 2.24) is 10.2 Å². The van der Waals surface area contributed by atoms with Crippen LogP contribution in [-0.2, 0) is 11.3 Å². The molecular weight excluding hydrogens is 360 g/mol. The lowest BCUT2D eigenvalue weighted by Gasteiger charge is -2.36. The number of nitrogens with one attached hydrogen (secondary N) is 2. The number of hydrogen-bond donors (Lipinski definition) is 3. The van der Waals surface area contributed by atoms with Gasteiger partial charge in [0.05, 0.1) is 12.2 Å². The molecule has 0 unspecified atom stereocenters. The molecular formula is C20H24N4O4. The van der Waals surface area contributed by atoms with Gasteiger partial charge in [-0.05, 0) is 49.6 Å². The van der Waals surface area contributed by atoms with Crippen molar-refractivity contribution in [3.05, 3.63) is 54.0 Å². The Labute approximate surface area is 163 Å². The van der Waals surface area contributed by atoms with Crippen LogP contribution >= 0.6 is 0 Å². The fourth-order valence-electron chi connectivity index (χ4n) is 3.21. The molecule has 0 saturated carbocycles. The second-order valence-corrected chi connectivity index (χ2v) is 6.97. The molecule has 1 aromatic carbocycles. The fourth-order valence-corrected chi connectivity index (χ4v) is 3.21. The SMILES string of the molecule is C[C@H]1CC[C@@H](C(N)=O)CN1C(=O)NCc1ccc(NC(=O)c2ccco2)cc1. The van der Waals surface area contributed by atoms with E-state index >= 15 is 0 Å². The molecule has 8 heteroatoms. The van der Waals surface area contributed by atoms with Gasteiger partial charge in [-0.3, -0.25) is 9.59 Å². The lowest BCUT2D eigenvalue weighted by molar-refractivity contribution is -0.123. The first-order valence-electron chi connectivity index (χ1n) is 9.21. The molecule has 1 fully saturated rings. The van der Waals surface area contributed by atoms with Gasteiger partial charge in [0.2, 0.25) is 5.91 Å². The third-order valence-electron chi connectivity index (χ3n) is 4.95. The number of hydrogen-bond acceptors (Lipinski definition) is 4. The number of nitrogens with two attached hydrogens (primary N) is 1. The summed E-state index contributed by atoms with van der Waals surface area (Å²) in [6, 6.07) is 10.3. The highest BCUT2D eigenvalue weighted by Gasteiger charge is 2.31. The van der Waals surface area contributed by atoms with Gasteiger partial charge in [0.15, 0.2) is 5.76 Å². The van der Waals surface area contributed by atoms with Crippen LogP contribution in [0.25, 0.3) is 0 Å². The van der Waals surface area contributed by atoms with Crippen molar-refractivity contribution in [2.75, 3.05) is 11.9 Å². The van der Waals surface area contributed by atoms with Crippen molar-refractivity contribution in [3.63, 3.8) is 0 Å². The minimum atomic E-state index is -0.364. The molecule has 0 bridgehead atoms. The summed E-state index contributed by atoms with van der Waals surface area (Å²) in [6.45, 7) is 2.66. The van der Waals surface area contributed by atoms with Crippen molar-refractivity contribution in [2.24, 2.45) is 11.7 Å². The molecule has 0 spiro atoms. The van der Waals surface area contributed by atoms with Crippen LogP contribution in [0.15, 0.2) is 47.1 Å². The molecule has 8 nitrogen and oxygen atoms in total. The zero-order chi connectivity index (χ0) is 20.1. The minimum Gasteiger partial charge on any atom is -0.459 e. The molecule has 1 aromatic heterocycles. The normalized spacial score (nSPS) is 19.1. The molecule has 2 aromatic rings. The maximum absolute atomic E-state index is 12.5. The van der Waals surface area contributed by atoms with E-state index in [2.05, 4.69) is 10.6 Å². The molecule has 4 amide bonds. The Morgan fingerprint density at radius 3 is 2.57 bits per heavy atom. The summed E-state index contributed by atoms with van der Waals surface area (Å²) in [4.78, 5) is 37.5. The highest BCUT2D eigenvalue weighted by molar-refractivity contribution is 6.02. The summed E-state index contributed by atoms with van der Waals surface area (Å²) in [5.41, 5.74) is 6.91. The summed E-state index contributed by atoms with van der Waals surface area (Å²) in [7, 11) is 0. The van der Waals surface area contributed by atoms with Crippen molar-refractivity contribution in [1.29, 1.82) is 0 Å². The summed E-state index contributed by atoms with van der Waals surface area (Å²) in [5, 5.41) is 5.61. The van der Waals surface area contributed by atoms with Gasteiger partial charge in [-0.2, -0.15) is 0 Å². The van der Waals surface area contributed by atoms with Crippen molar-refractivity contribution in [3.8, 4) is 0 Å². The average molecular weight is 384 g/mol. The van der Waals surface area contributed by atoms with E-state index in [0.717, 1.165) is 12.0 Å². The van der Waals surface area contributed by atoms with Crippen molar-refractivity contribution in [2.45, 2.75) is 32.4 Å². The van der Waals surface area contributed by atoms with Crippen molar-refractivity contribution < 1.29 is 18.8 Å². The monoisotopic (exact) mass is 384 g/mol. The highest BCUT2D eigenvalue weighted by Crippen LogP contribution is 2.21. The van der Waals surface area contributed by atoms with Crippen LogP contribution in [0.5, 0.6) is 0 Å². The summed E-state index contributed by atoms with van der Waals surface area (Å²) >= 11 is 0. The maximum atomic E-state index is 12.5. The van der Waals surface area contributed by atoms with Gasteiger partial charge in [0, 0.05) is 24.8 Å². The molecule has 2 atom stereocenters. The van der Waals surface area contributed by atoms with E-state index in [-0.39, 0.29) is 35.6 Å².